The van der Waals surface area contributed by atoms with E-state index in [2.05, 4.69) is 14.8 Å². The summed E-state index contributed by atoms with van der Waals surface area (Å²) in [5.74, 6) is -1.95. The van der Waals surface area contributed by atoms with Crippen molar-refractivity contribution >= 4 is 40.8 Å². The summed E-state index contributed by atoms with van der Waals surface area (Å²) in [5.41, 5.74) is -0.246. The monoisotopic (exact) mass is 540 g/mol. The van der Waals surface area contributed by atoms with E-state index in [-0.39, 0.29) is 16.3 Å². The molecular formula is C18H10Cl2F8N2O4. The lowest BCUT2D eigenvalue weighted by atomic mass is 10.2. The molecule has 186 valence electrons. The number of anilines is 1. The summed E-state index contributed by atoms with van der Waals surface area (Å²) >= 11 is 11.5. The van der Waals surface area contributed by atoms with Crippen LogP contribution in [0.25, 0.3) is 0 Å². The van der Waals surface area contributed by atoms with Gasteiger partial charge in [0.1, 0.15) is 5.75 Å². The Balaban J connectivity index is 2.04. The first-order valence-electron chi connectivity index (χ1n) is 8.53. The Labute approximate surface area is 194 Å². The molecule has 0 aliphatic rings. The molecule has 2 N–H and O–H groups in total. The predicted molar refractivity (Wildman–Crippen MR) is 102 cm³/mol. The van der Waals surface area contributed by atoms with Crippen LogP contribution in [0.3, 0.4) is 0 Å². The molecule has 0 spiro atoms. The largest absolute Gasteiger partial charge is 0.483 e. The van der Waals surface area contributed by atoms with Crippen molar-refractivity contribution in [1.82, 2.24) is 5.32 Å². The van der Waals surface area contributed by atoms with E-state index < -0.39 is 47.5 Å². The minimum absolute atomic E-state index is 0.0394. The lowest BCUT2D eigenvalue weighted by molar-refractivity contribution is -0.442. The van der Waals surface area contributed by atoms with Crippen molar-refractivity contribution in [2.45, 2.75) is 24.8 Å². The van der Waals surface area contributed by atoms with Gasteiger partial charge in [-0.1, -0.05) is 35.3 Å². The molecule has 1 unspecified atom stereocenters. The summed E-state index contributed by atoms with van der Waals surface area (Å²) in [5, 5.41) is 3.31. The van der Waals surface area contributed by atoms with Crippen LogP contribution in [0.4, 0.5) is 45.6 Å². The first-order chi connectivity index (χ1) is 15.5. The first-order valence-corrected chi connectivity index (χ1v) is 9.29. The van der Waals surface area contributed by atoms with E-state index in [1.54, 1.807) is 0 Å². The second-order valence-electron chi connectivity index (χ2n) is 6.15. The van der Waals surface area contributed by atoms with Gasteiger partial charge in [-0.05, 0) is 30.3 Å². The Hall–Kier alpha value is -2.84. The summed E-state index contributed by atoms with van der Waals surface area (Å²) in [7, 11) is 0. The average Bonchev–Trinajstić information content (AvgIpc) is 2.69. The van der Waals surface area contributed by atoms with Crippen molar-refractivity contribution < 1.29 is 54.2 Å². The molecule has 0 aromatic heterocycles. The van der Waals surface area contributed by atoms with Crippen LogP contribution < -0.4 is 15.4 Å². The molecule has 3 amide bonds. The van der Waals surface area contributed by atoms with E-state index in [0.29, 0.717) is 6.07 Å². The fourth-order valence-electron chi connectivity index (χ4n) is 2.10. The number of imide groups is 1. The predicted octanol–water partition coefficient (Wildman–Crippen LogP) is 6.39. The standard InChI is InChI=1S/C18H10Cl2F8N2O4/c19-10-4-2-1-3-9(10)13(31)30-15(32)29-8-5-6-12(11(20)7-8)33-16(22,23)14(21)34-18(27,28)17(24,25)26/h1-7,14H,(H2,29,30,31,32). The average molecular weight is 541 g/mol. The summed E-state index contributed by atoms with van der Waals surface area (Å²) < 4.78 is 108. The third-order valence-corrected chi connectivity index (χ3v) is 4.25. The molecule has 34 heavy (non-hydrogen) atoms. The molecule has 6 nitrogen and oxygen atoms in total. The Morgan fingerprint density at radius 2 is 1.53 bits per heavy atom. The number of hydrogen-bond acceptors (Lipinski definition) is 4. The molecule has 0 saturated carbocycles. The Kier molecular flexibility index (Phi) is 8.22. The molecule has 2 aromatic carbocycles. The third-order valence-electron chi connectivity index (χ3n) is 3.63. The highest BCUT2D eigenvalue weighted by Crippen LogP contribution is 2.41. The van der Waals surface area contributed by atoms with E-state index >= 15 is 0 Å². The van der Waals surface area contributed by atoms with E-state index in [1.165, 1.54) is 24.3 Å². The minimum Gasteiger partial charge on any atom is -0.427 e. The lowest BCUT2D eigenvalue weighted by Gasteiger charge is -2.26. The zero-order valence-corrected chi connectivity index (χ0v) is 17.5. The van der Waals surface area contributed by atoms with Crippen LogP contribution >= 0.6 is 23.2 Å². The molecule has 0 aliphatic heterocycles. The molecular weight excluding hydrogens is 531 g/mol. The van der Waals surface area contributed by atoms with E-state index in [9.17, 15) is 44.7 Å². The highest BCUT2D eigenvalue weighted by molar-refractivity contribution is 6.34. The van der Waals surface area contributed by atoms with Gasteiger partial charge in [-0.15, -0.1) is 0 Å². The maximum absolute atomic E-state index is 13.6. The molecule has 0 radical (unpaired) electrons. The summed E-state index contributed by atoms with van der Waals surface area (Å²) in [6, 6.07) is 6.85. The number of alkyl halides is 8. The van der Waals surface area contributed by atoms with Gasteiger partial charge in [-0.25, -0.2) is 9.18 Å². The molecule has 0 bridgehead atoms. The molecule has 2 rings (SSSR count). The number of urea groups is 1. The topological polar surface area (TPSA) is 76.7 Å². The van der Waals surface area contributed by atoms with E-state index in [0.717, 1.165) is 12.1 Å². The highest BCUT2D eigenvalue weighted by atomic mass is 35.5. The number of halogens is 10. The quantitative estimate of drug-likeness (QED) is 0.399. The molecule has 0 fully saturated rings. The van der Waals surface area contributed by atoms with Gasteiger partial charge in [0.05, 0.1) is 15.6 Å². The van der Waals surface area contributed by atoms with Crippen molar-refractivity contribution in [1.29, 1.82) is 0 Å². The van der Waals surface area contributed by atoms with Crippen LogP contribution in [-0.2, 0) is 4.74 Å². The number of rotatable bonds is 7. The Bertz CT molecular complexity index is 1070. The molecule has 2 aromatic rings. The van der Waals surface area contributed by atoms with Crippen molar-refractivity contribution in [3.05, 3.63) is 58.1 Å². The third kappa shape index (κ3) is 6.84. The number of benzene rings is 2. The molecule has 0 saturated heterocycles. The molecule has 16 heteroatoms. The number of hydrogen-bond donors (Lipinski definition) is 2. The normalized spacial score (nSPS) is 13.2. The van der Waals surface area contributed by atoms with Crippen molar-refractivity contribution in [2.75, 3.05) is 5.32 Å². The van der Waals surface area contributed by atoms with Crippen LogP contribution in [0.15, 0.2) is 42.5 Å². The molecule has 0 heterocycles. The van der Waals surface area contributed by atoms with Gasteiger partial charge < -0.3 is 10.1 Å². The lowest BCUT2D eigenvalue weighted by Crippen LogP contribution is -2.48. The Morgan fingerprint density at radius 3 is 2.09 bits per heavy atom. The van der Waals surface area contributed by atoms with Crippen LogP contribution in [0.5, 0.6) is 5.75 Å². The van der Waals surface area contributed by atoms with Crippen molar-refractivity contribution in [3.8, 4) is 5.75 Å². The van der Waals surface area contributed by atoms with Gasteiger partial charge in [0.2, 0.25) is 0 Å². The molecule has 1 atom stereocenters. The smallest absolute Gasteiger partial charge is 0.427 e. The van der Waals surface area contributed by atoms with Crippen LogP contribution in [0, 0.1) is 0 Å². The van der Waals surface area contributed by atoms with Gasteiger partial charge in [-0.3, -0.25) is 14.8 Å². The summed E-state index contributed by atoms with van der Waals surface area (Å²) in [6.45, 7) is 0. The van der Waals surface area contributed by atoms with Gasteiger partial charge in [0.25, 0.3) is 5.91 Å². The minimum atomic E-state index is -6.47. The fraction of sp³-hybridized carbons (Fsp3) is 0.222. The van der Waals surface area contributed by atoms with Gasteiger partial charge in [0, 0.05) is 5.69 Å². The fourth-order valence-corrected chi connectivity index (χ4v) is 2.54. The van der Waals surface area contributed by atoms with Crippen LogP contribution in [0.2, 0.25) is 10.0 Å². The van der Waals surface area contributed by atoms with Crippen molar-refractivity contribution in [2.24, 2.45) is 0 Å². The maximum Gasteiger partial charge on any atom is 0.483 e. The first kappa shape index (κ1) is 27.4. The van der Waals surface area contributed by atoms with Crippen molar-refractivity contribution in [3.63, 3.8) is 0 Å². The van der Waals surface area contributed by atoms with E-state index in [1.807, 2.05) is 5.32 Å². The Morgan fingerprint density at radius 1 is 0.912 bits per heavy atom. The molecule has 0 aliphatic carbocycles. The summed E-state index contributed by atoms with van der Waals surface area (Å²) in [6.07, 6.45) is -22.6. The van der Waals surface area contributed by atoms with Crippen LogP contribution in [0.1, 0.15) is 10.4 Å². The number of amides is 3. The van der Waals surface area contributed by atoms with Crippen LogP contribution in [-0.4, -0.2) is 36.7 Å². The maximum atomic E-state index is 13.6. The number of carbonyl (C=O) groups is 2. The number of carbonyl (C=O) groups excluding carboxylic acids is 2. The number of ether oxygens (including phenoxy) is 2. The van der Waals surface area contributed by atoms with Gasteiger partial charge in [-0.2, -0.15) is 30.7 Å². The number of nitrogens with one attached hydrogen (secondary N) is 2. The zero-order valence-electron chi connectivity index (χ0n) is 16.0. The SMILES string of the molecule is O=C(NC(=O)c1ccccc1Cl)Nc1ccc(OC(F)(F)C(F)OC(F)(F)C(F)(F)F)c(Cl)c1. The zero-order chi connectivity index (χ0) is 25.9. The highest BCUT2D eigenvalue weighted by Gasteiger charge is 2.64. The second-order valence-corrected chi connectivity index (χ2v) is 6.96. The van der Waals surface area contributed by atoms with E-state index in [4.69, 9.17) is 23.2 Å². The van der Waals surface area contributed by atoms with Gasteiger partial charge in [0.15, 0.2) is 0 Å². The van der Waals surface area contributed by atoms with Gasteiger partial charge >= 0.3 is 30.8 Å². The second kappa shape index (κ2) is 10.2. The summed E-state index contributed by atoms with van der Waals surface area (Å²) in [4.78, 5) is 23.9.